The van der Waals surface area contributed by atoms with Crippen molar-refractivity contribution >= 4 is 21.8 Å². The lowest BCUT2D eigenvalue weighted by Gasteiger charge is -2.09. The molecule has 0 saturated carbocycles. The highest BCUT2D eigenvalue weighted by molar-refractivity contribution is 9.10. The number of halogens is 1. The number of nitrogens with zero attached hydrogens (tertiary/aromatic N) is 1. The third kappa shape index (κ3) is 6.74. The number of pyridine rings is 1. The van der Waals surface area contributed by atoms with Gasteiger partial charge >= 0.3 is 0 Å². The molecule has 1 heterocycles. The third-order valence-corrected chi connectivity index (χ3v) is 4.27. The van der Waals surface area contributed by atoms with Crippen LogP contribution in [0.3, 0.4) is 0 Å². The maximum Gasteiger partial charge on any atom is 0.257 e. The fourth-order valence-corrected chi connectivity index (χ4v) is 2.71. The van der Waals surface area contributed by atoms with Crippen LogP contribution in [0, 0.1) is 0 Å². The topological polar surface area (TPSA) is 60.3 Å². The molecule has 1 N–H and O–H groups in total. The van der Waals surface area contributed by atoms with Gasteiger partial charge in [-0.3, -0.25) is 9.59 Å². The number of nitrogens with one attached hydrogen (secondary N) is 1. The highest BCUT2D eigenvalue weighted by atomic mass is 79.9. The van der Waals surface area contributed by atoms with Gasteiger partial charge in [-0.2, -0.15) is 0 Å². The molecular formula is C19H23BrN2O3. The fraction of sp³-hybridized carbons (Fsp3) is 0.368. The molecule has 0 unspecified atom stereocenters. The van der Waals surface area contributed by atoms with Crippen LogP contribution in [0.4, 0.5) is 0 Å². The van der Waals surface area contributed by atoms with E-state index in [0.29, 0.717) is 18.8 Å². The summed E-state index contributed by atoms with van der Waals surface area (Å²) in [5, 5.41) is 2.83. The van der Waals surface area contributed by atoms with Crippen molar-refractivity contribution in [3.63, 3.8) is 0 Å². The zero-order valence-corrected chi connectivity index (χ0v) is 15.9. The molecule has 1 aromatic carbocycles. The molecule has 2 aromatic rings. The first-order chi connectivity index (χ1) is 12.1. The number of hydrogen-bond acceptors (Lipinski definition) is 3. The standard InChI is InChI=1S/C19H23BrN2O3/c1-2-15-5-8-17(9-6-15)25-14-18(23)21-11-3-4-12-22-13-16(20)7-10-19(22)24/h5-10,13H,2-4,11-12,14H2,1H3,(H,21,23). The number of benzene rings is 1. The van der Waals surface area contributed by atoms with Crippen LogP contribution >= 0.6 is 15.9 Å². The number of hydrogen-bond donors (Lipinski definition) is 1. The second kappa shape index (κ2) is 10.0. The average molecular weight is 407 g/mol. The van der Waals surface area contributed by atoms with Crippen LogP contribution in [0.2, 0.25) is 0 Å². The van der Waals surface area contributed by atoms with Gasteiger partial charge in [0.2, 0.25) is 0 Å². The lowest BCUT2D eigenvalue weighted by Crippen LogP contribution is -2.30. The minimum Gasteiger partial charge on any atom is -0.484 e. The largest absolute Gasteiger partial charge is 0.484 e. The summed E-state index contributed by atoms with van der Waals surface area (Å²) >= 11 is 3.35. The molecule has 0 fully saturated rings. The summed E-state index contributed by atoms with van der Waals surface area (Å²) in [5.41, 5.74) is 1.22. The maximum absolute atomic E-state index is 11.8. The molecule has 2 rings (SSSR count). The van der Waals surface area contributed by atoms with E-state index in [0.717, 1.165) is 23.7 Å². The first-order valence-corrected chi connectivity index (χ1v) is 9.22. The first-order valence-electron chi connectivity index (χ1n) is 8.43. The van der Waals surface area contributed by atoms with Gasteiger partial charge in [-0.1, -0.05) is 19.1 Å². The van der Waals surface area contributed by atoms with Crippen molar-refractivity contribution in [2.75, 3.05) is 13.2 Å². The molecule has 0 aliphatic carbocycles. The Balaban J connectivity index is 1.61. The Morgan fingerprint density at radius 2 is 1.92 bits per heavy atom. The van der Waals surface area contributed by atoms with Gasteiger partial charge in [-0.15, -0.1) is 0 Å². The van der Waals surface area contributed by atoms with Crippen molar-refractivity contribution in [2.24, 2.45) is 0 Å². The first kappa shape index (κ1) is 19.2. The second-order valence-corrected chi connectivity index (χ2v) is 6.64. The number of unbranched alkanes of at least 4 members (excludes halogenated alkanes) is 1. The van der Waals surface area contributed by atoms with Gasteiger partial charge in [0.1, 0.15) is 5.75 Å². The van der Waals surface area contributed by atoms with E-state index in [1.54, 1.807) is 16.8 Å². The number of aryl methyl sites for hydroxylation is 2. The van der Waals surface area contributed by atoms with Gasteiger partial charge < -0.3 is 14.6 Å². The summed E-state index contributed by atoms with van der Waals surface area (Å²) in [5.74, 6) is 0.556. The van der Waals surface area contributed by atoms with Crippen molar-refractivity contribution < 1.29 is 9.53 Å². The van der Waals surface area contributed by atoms with Crippen LogP contribution in [0.1, 0.15) is 25.3 Å². The van der Waals surface area contributed by atoms with Crippen molar-refractivity contribution in [1.29, 1.82) is 0 Å². The Bertz CT molecular complexity index is 741. The molecule has 0 spiro atoms. The smallest absolute Gasteiger partial charge is 0.257 e. The molecule has 5 nitrogen and oxygen atoms in total. The summed E-state index contributed by atoms with van der Waals surface area (Å²) in [4.78, 5) is 23.4. The Morgan fingerprint density at radius 3 is 2.64 bits per heavy atom. The van der Waals surface area contributed by atoms with E-state index in [-0.39, 0.29) is 18.1 Å². The van der Waals surface area contributed by atoms with E-state index in [9.17, 15) is 9.59 Å². The van der Waals surface area contributed by atoms with Gasteiger partial charge in [-0.25, -0.2) is 0 Å². The molecule has 0 radical (unpaired) electrons. The van der Waals surface area contributed by atoms with Crippen LogP contribution in [-0.2, 0) is 17.8 Å². The molecule has 0 bridgehead atoms. The van der Waals surface area contributed by atoms with E-state index in [4.69, 9.17) is 4.74 Å². The number of amides is 1. The fourth-order valence-electron chi connectivity index (χ4n) is 2.33. The van der Waals surface area contributed by atoms with Crippen LogP contribution in [-0.4, -0.2) is 23.6 Å². The SMILES string of the molecule is CCc1ccc(OCC(=O)NCCCCn2cc(Br)ccc2=O)cc1. The van der Waals surface area contributed by atoms with E-state index >= 15 is 0 Å². The summed E-state index contributed by atoms with van der Waals surface area (Å²) < 4.78 is 8.00. The van der Waals surface area contributed by atoms with E-state index in [1.807, 2.05) is 24.3 Å². The summed E-state index contributed by atoms with van der Waals surface area (Å²) in [6.45, 7) is 3.31. The summed E-state index contributed by atoms with van der Waals surface area (Å²) in [6.07, 6.45) is 4.37. The molecule has 0 aliphatic heterocycles. The van der Waals surface area contributed by atoms with Gasteiger partial charge in [-0.05, 0) is 59.0 Å². The molecule has 0 saturated heterocycles. The minimum absolute atomic E-state index is 0.0105. The number of carbonyl (C=O) groups excluding carboxylic acids is 1. The van der Waals surface area contributed by atoms with Gasteiger partial charge in [0.15, 0.2) is 6.61 Å². The van der Waals surface area contributed by atoms with Crippen LogP contribution in [0.15, 0.2) is 51.9 Å². The van der Waals surface area contributed by atoms with Gasteiger partial charge in [0, 0.05) is 29.8 Å². The lowest BCUT2D eigenvalue weighted by atomic mass is 10.2. The third-order valence-electron chi connectivity index (χ3n) is 3.80. The minimum atomic E-state index is -0.140. The number of ether oxygens (including phenoxy) is 1. The van der Waals surface area contributed by atoms with Crippen LogP contribution in [0.5, 0.6) is 5.75 Å². The molecular weight excluding hydrogens is 384 g/mol. The molecule has 1 amide bonds. The Hall–Kier alpha value is -2.08. The van der Waals surface area contributed by atoms with Crippen molar-refractivity contribution in [2.45, 2.75) is 32.7 Å². The Kier molecular flexibility index (Phi) is 7.73. The van der Waals surface area contributed by atoms with Gasteiger partial charge in [0.25, 0.3) is 11.5 Å². The van der Waals surface area contributed by atoms with Gasteiger partial charge in [0.05, 0.1) is 0 Å². The highest BCUT2D eigenvalue weighted by Gasteiger charge is 2.03. The summed E-state index contributed by atoms with van der Waals surface area (Å²) in [7, 11) is 0. The predicted molar refractivity (Wildman–Crippen MR) is 102 cm³/mol. The van der Waals surface area contributed by atoms with Crippen LogP contribution < -0.4 is 15.6 Å². The number of rotatable bonds is 9. The van der Waals surface area contributed by atoms with E-state index < -0.39 is 0 Å². The van der Waals surface area contributed by atoms with Crippen LogP contribution in [0.25, 0.3) is 0 Å². The average Bonchev–Trinajstić information content (AvgIpc) is 2.63. The quantitative estimate of drug-likeness (QED) is 0.650. The molecule has 134 valence electrons. The normalized spacial score (nSPS) is 10.5. The molecule has 6 heteroatoms. The highest BCUT2D eigenvalue weighted by Crippen LogP contribution is 2.12. The maximum atomic E-state index is 11.8. The van der Waals surface area contributed by atoms with Crippen molar-refractivity contribution in [1.82, 2.24) is 9.88 Å². The Morgan fingerprint density at radius 1 is 1.16 bits per heavy atom. The Labute approximate surface area is 156 Å². The zero-order chi connectivity index (χ0) is 18.1. The van der Waals surface area contributed by atoms with E-state index in [2.05, 4.69) is 28.2 Å². The molecule has 0 aliphatic rings. The monoisotopic (exact) mass is 406 g/mol. The second-order valence-electron chi connectivity index (χ2n) is 5.72. The van der Waals surface area contributed by atoms with E-state index in [1.165, 1.54) is 11.6 Å². The van der Waals surface area contributed by atoms with Crippen molar-refractivity contribution in [3.8, 4) is 5.75 Å². The molecule has 1 aromatic heterocycles. The number of carbonyl (C=O) groups is 1. The molecule has 0 atom stereocenters. The van der Waals surface area contributed by atoms with Crippen molar-refractivity contribution in [3.05, 3.63) is 63.0 Å². The zero-order valence-electron chi connectivity index (χ0n) is 14.3. The molecule has 25 heavy (non-hydrogen) atoms. The lowest BCUT2D eigenvalue weighted by molar-refractivity contribution is -0.123. The number of aromatic nitrogens is 1. The predicted octanol–water partition coefficient (Wildman–Crippen LogP) is 3.15. The summed E-state index contributed by atoms with van der Waals surface area (Å²) in [6, 6.07) is 11.0.